The second-order valence-electron chi connectivity index (χ2n) is 6.41. The number of halogens is 1. The van der Waals surface area contributed by atoms with Crippen LogP contribution in [0.5, 0.6) is 0 Å². The number of hydrogen-bond acceptors (Lipinski definition) is 5. The van der Waals surface area contributed by atoms with Crippen molar-refractivity contribution in [3.05, 3.63) is 76.7 Å². The summed E-state index contributed by atoms with van der Waals surface area (Å²) in [4.78, 5) is 16.7. The van der Waals surface area contributed by atoms with E-state index in [0.717, 1.165) is 39.3 Å². The third-order valence-corrected chi connectivity index (χ3v) is 5.34. The summed E-state index contributed by atoms with van der Waals surface area (Å²) in [7, 11) is 0. The van der Waals surface area contributed by atoms with Gasteiger partial charge in [-0.2, -0.15) is 5.10 Å². The van der Waals surface area contributed by atoms with Crippen molar-refractivity contribution in [1.82, 2.24) is 10.4 Å². The summed E-state index contributed by atoms with van der Waals surface area (Å²) in [6.07, 6.45) is 2.46. The Balaban J connectivity index is 1.41. The number of benzene rings is 2. The third-order valence-electron chi connectivity index (χ3n) is 4.40. The molecule has 29 heavy (non-hydrogen) atoms. The summed E-state index contributed by atoms with van der Waals surface area (Å²) in [6, 6.07) is 13.9. The first-order valence-electron chi connectivity index (χ1n) is 9.16. The molecule has 0 fully saturated rings. The van der Waals surface area contributed by atoms with Gasteiger partial charge in [-0.1, -0.05) is 25.1 Å². The van der Waals surface area contributed by atoms with Gasteiger partial charge in [0.05, 0.1) is 18.3 Å². The summed E-state index contributed by atoms with van der Waals surface area (Å²) in [5, 5.41) is 7.62. The summed E-state index contributed by atoms with van der Waals surface area (Å²) in [5.74, 6) is 0.273. The minimum atomic E-state index is -0.292. The summed E-state index contributed by atoms with van der Waals surface area (Å²) < 4.78 is 18.9. The molecular weight excluding hydrogens is 389 g/mol. The average molecular weight is 407 g/mol. The highest BCUT2D eigenvalue weighted by Gasteiger charge is 2.11. The Morgan fingerprint density at radius 1 is 1.24 bits per heavy atom. The SMILES string of the molecule is CCc1oc2ccccc2c1/C=N\NC(=O)Cc1csc(-c2ccc(F)cc2)n1. The molecule has 0 radical (unpaired) electrons. The highest BCUT2D eigenvalue weighted by molar-refractivity contribution is 7.13. The number of nitrogens with one attached hydrogen (secondary N) is 1. The van der Waals surface area contributed by atoms with Crippen LogP contribution in [0.25, 0.3) is 21.5 Å². The molecular formula is C22H18FN3O2S. The number of hydrogen-bond donors (Lipinski definition) is 1. The Bertz CT molecular complexity index is 1180. The lowest BCUT2D eigenvalue weighted by atomic mass is 10.1. The number of hydrazone groups is 1. The number of carbonyl (C=O) groups excluding carboxylic acids is 1. The van der Waals surface area contributed by atoms with Crippen molar-refractivity contribution in [2.24, 2.45) is 5.10 Å². The number of carbonyl (C=O) groups is 1. The van der Waals surface area contributed by atoms with Crippen LogP contribution in [0, 0.1) is 5.82 Å². The highest BCUT2D eigenvalue weighted by Crippen LogP contribution is 2.25. The van der Waals surface area contributed by atoms with E-state index in [-0.39, 0.29) is 18.1 Å². The molecule has 146 valence electrons. The number of nitrogens with zero attached hydrogens (tertiary/aromatic N) is 2. The molecule has 2 aromatic heterocycles. The van der Waals surface area contributed by atoms with E-state index in [1.807, 2.05) is 36.6 Å². The first-order chi connectivity index (χ1) is 14.1. The van der Waals surface area contributed by atoms with Gasteiger partial charge in [-0.3, -0.25) is 4.79 Å². The molecule has 2 aromatic carbocycles. The number of furan rings is 1. The number of para-hydroxylation sites is 1. The zero-order valence-electron chi connectivity index (χ0n) is 15.7. The van der Waals surface area contributed by atoms with Crippen LogP contribution >= 0.6 is 11.3 Å². The molecule has 4 rings (SSSR count). The van der Waals surface area contributed by atoms with Crippen LogP contribution in [0.2, 0.25) is 0 Å². The van der Waals surface area contributed by atoms with Gasteiger partial charge in [0.2, 0.25) is 5.91 Å². The van der Waals surface area contributed by atoms with Gasteiger partial charge >= 0.3 is 0 Å². The Labute approximate surface area is 170 Å². The first-order valence-corrected chi connectivity index (χ1v) is 10.0. The molecule has 0 spiro atoms. The van der Waals surface area contributed by atoms with Gasteiger partial charge in [0.1, 0.15) is 22.2 Å². The van der Waals surface area contributed by atoms with E-state index in [9.17, 15) is 9.18 Å². The van der Waals surface area contributed by atoms with E-state index in [1.54, 1.807) is 18.3 Å². The number of aromatic nitrogens is 1. The maximum absolute atomic E-state index is 13.0. The molecule has 1 N–H and O–H groups in total. The van der Waals surface area contributed by atoms with Gasteiger partial charge in [0.25, 0.3) is 0 Å². The van der Waals surface area contributed by atoms with Crippen molar-refractivity contribution >= 4 is 34.4 Å². The van der Waals surface area contributed by atoms with Crippen molar-refractivity contribution in [3.63, 3.8) is 0 Å². The molecule has 0 aliphatic rings. The van der Waals surface area contributed by atoms with E-state index < -0.39 is 0 Å². The Hall–Kier alpha value is -3.32. The van der Waals surface area contributed by atoms with Crippen LogP contribution in [0.15, 0.2) is 63.4 Å². The smallest absolute Gasteiger partial charge is 0.246 e. The zero-order valence-corrected chi connectivity index (χ0v) is 16.5. The molecule has 5 nitrogen and oxygen atoms in total. The minimum absolute atomic E-state index is 0.113. The lowest BCUT2D eigenvalue weighted by molar-refractivity contribution is -0.120. The van der Waals surface area contributed by atoms with Crippen LogP contribution in [-0.4, -0.2) is 17.1 Å². The molecule has 0 unspecified atom stereocenters. The second kappa shape index (κ2) is 8.36. The minimum Gasteiger partial charge on any atom is -0.460 e. The van der Waals surface area contributed by atoms with Gasteiger partial charge < -0.3 is 4.42 Å². The van der Waals surface area contributed by atoms with Crippen LogP contribution in [0.4, 0.5) is 4.39 Å². The maximum Gasteiger partial charge on any atom is 0.246 e. The topological polar surface area (TPSA) is 67.5 Å². The number of fused-ring (bicyclic) bond motifs is 1. The van der Waals surface area contributed by atoms with Crippen molar-refractivity contribution in [2.75, 3.05) is 0 Å². The fourth-order valence-corrected chi connectivity index (χ4v) is 3.83. The molecule has 0 atom stereocenters. The molecule has 2 heterocycles. The van der Waals surface area contributed by atoms with E-state index in [1.165, 1.54) is 23.5 Å². The van der Waals surface area contributed by atoms with Crippen molar-refractivity contribution in [2.45, 2.75) is 19.8 Å². The zero-order chi connectivity index (χ0) is 20.2. The van der Waals surface area contributed by atoms with Crippen LogP contribution in [0.1, 0.15) is 23.9 Å². The van der Waals surface area contributed by atoms with E-state index in [0.29, 0.717) is 5.69 Å². The fraction of sp³-hybridized carbons (Fsp3) is 0.136. The van der Waals surface area contributed by atoms with Crippen LogP contribution < -0.4 is 5.43 Å². The normalized spacial score (nSPS) is 11.4. The predicted octanol–water partition coefficient (Wildman–Crippen LogP) is 4.95. The van der Waals surface area contributed by atoms with Crippen LogP contribution in [0.3, 0.4) is 0 Å². The summed E-state index contributed by atoms with van der Waals surface area (Å²) in [6.45, 7) is 2.01. The molecule has 0 aliphatic heterocycles. The quantitative estimate of drug-likeness (QED) is 0.363. The lowest BCUT2D eigenvalue weighted by Gasteiger charge is -1.98. The Morgan fingerprint density at radius 2 is 2.03 bits per heavy atom. The van der Waals surface area contributed by atoms with E-state index in [2.05, 4.69) is 15.5 Å². The second-order valence-corrected chi connectivity index (χ2v) is 7.27. The molecule has 1 amide bonds. The fourth-order valence-electron chi connectivity index (χ4n) is 3.01. The monoisotopic (exact) mass is 407 g/mol. The molecule has 0 bridgehead atoms. The average Bonchev–Trinajstić information content (AvgIpc) is 3.33. The van der Waals surface area contributed by atoms with Gasteiger partial charge in [0, 0.05) is 28.3 Å². The van der Waals surface area contributed by atoms with Gasteiger partial charge in [-0.05, 0) is 30.3 Å². The Morgan fingerprint density at radius 3 is 2.83 bits per heavy atom. The van der Waals surface area contributed by atoms with Crippen molar-refractivity contribution in [3.8, 4) is 10.6 Å². The van der Waals surface area contributed by atoms with Crippen LogP contribution in [-0.2, 0) is 17.6 Å². The van der Waals surface area contributed by atoms with Crippen molar-refractivity contribution < 1.29 is 13.6 Å². The Kier molecular flexibility index (Phi) is 5.48. The largest absolute Gasteiger partial charge is 0.460 e. The number of amides is 1. The molecule has 0 saturated carbocycles. The van der Waals surface area contributed by atoms with Gasteiger partial charge in [-0.15, -0.1) is 11.3 Å². The molecule has 7 heteroatoms. The van der Waals surface area contributed by atoms with E-state index in [4.69, 9.17) is 4.42 Å². The standard InChI is InChI=1S/C22H18FN3O2S/c1-2-19-18(17-5-3-4-6-20(17)28-19)12-24-26-21(27)11-16-13-29-22(25-16)14-7-9-15(23)10-8-14/h3-10,12-13H,2,11H2,1H3,(H,26,27)/b24-12-. The summed E-state index contributed by atoms with van der Waals surface area (Å²) >= 11 is 1.41. The molecule has 0 saturated heterocycles. The molecule has 0 aliphatic carbocycles. The number of thiazole rings is 1. The van der Waals surface area contributed by atoms with Gasteiger partial charge in [0.15, 0.2) is 0 Å². The summed E-state index contributed by atoms with van der Waals surface area (Å²) in [5.41, 5.74) is 5.68. The lowest BCUT2D eigenvalue weighted by Crippen LogP contribution is -2.20. The molecule has 4 aromatic rings. The maximum atomic E-state index is 13.0. The third kappa shape index (κ3) is 4.25. The van der Waals surface area contributed by atoms with E-state index >= 15 is 0 Å². The van der Waals surface area contributed by atoms with Gasteiger partial charge in [-0.25, -0.2) is 14.8 Å². The number of rotatable bonds is 6. The first kappa shape index (κ1) is 19.0. The van der Waals surface area contributed by atoms with Crippen molar-refractivity contribution in [1.29, 1.82) is 0 Å². The highest BCUT2D eigenvalue weighted by atomic mass is 32.1. The predicted molar refractivity (Wildman–Crippen MR) is 113 cm³/mol. The number of aryl methyl sites for hydroxylation is 1.